The zero-order valence-corrected chi connectivity index (χ0v) is 11.3. The van der Waals surface area contributed by atoms with Gasteiger partial charge in [-0.25, -0.2) is 0 Å². The van der Waals surface area contributed by atoms with E-state index < -0.39 is 0 Å². The van der Waals surface area contributed by atoms with Crippen LogP contribution in [0, 0.1) is 5.92 Å². The van der Waals surface area contributed by atoms with Crippen molar-refractivity contribution in [1.29, 1.82) is 0 Å². The van der Waals surface area contributed by atoms with Gasteiger partial charge in [-0.3, -0.25) is 4.79 Å². The molecule has 1 unspecified atom stereocenters. The predicted molar refractivity (Wildman–Crippen MR) is 70.5 cm³/mol. The molecule has 1 aromatic carbocycles. The summed E-state index contributed by atoms with van der Waals surface area (Å²) in [7, 11) is 3.20. The standard InChI is InChI=1S/C14H19NO4/c1-18-9-10-5-6-15(8-10)14(17)12-7-11(19-2)3-4-13(12)16/h3-4,7,10,16H,5-6,8-9H2,1-2H3. The second kappa shape index (κ2) is 5.93. The van der Waals surface area contributed by atoms with Gasteiger partial charge in [-0.15, -0.1) is 0 Å². The summed E-state index contributed by atoms with van der Waals surface area (Å²) in [5.74, 6) is 0.770. The maximum Gasteiger partial charge on any atom is 0.257 e. The van der Waals surface area contributed by atoms with Crippen LogP contribution in [0.3, 0.4) is 0 Å². The zero-order chi connectivity index (χ0) is 13.8. The lowest BCUT2D eigenvalue weighted by Crippen LogP contribution is -2.29. The molecule has 0 aromatic heterocycles. The van der Waals surface area contributed by atoms with Gasteiger partial charge in [0, 0.05) is 26.1 Å². The summed E-state index contributed by atoms with van der Waals surface area (Å²) < 4.78 is 10.2. The average Bonchev–Trinajstić information content (AvgIpc) is 2.88. The highest BCUT2D eigenvalue weighted by Crippen LogP contribution is 2.26. The fourth-order valence-electron chi connectivity index (χ4n) is 2.37. The Hall–Kier alpha value is -1.75. The van der Waals surface area contributed by atoms with Crippen molar-refractivity contribution >= 4 is 5.91 Å². The molecule has 1 amide bonds. The van der Waals surface area contributed by atoms with Crippen molar-refractivity contribution in [3.63, 3.8) is 0 Å². The Balaban J connectivity index is 2.12. The maximum atomic E-state index is 12.4. The molecule has 5 nitrogen and oxygen atoms in total. The van der Waals surface area contributed by atoms with E-state index in [4.69, 9.17) is 9.47 Å². The number of nitrogens with zero attached hydrogens (tertiary/aromatic N) is 1. The normalized spacial score (nSPS) is 18.6. The first kappa shape index (κ1) is 13.7. The number of ether oxygens (including phenoxy) is 2. The minimum atomic E-state index is -0.157. The Labute approximate surface area is 112 Å². The number of hydrogen-bond acceptors (Lipinski definition) is 4. The first-order chi connectivity index (χ1) is 9.15. The molecule has 1 N–H and O–H groups in total. The largest absolute Gasteiger partial charge is 0.507 e. The number of phenolic OH excluding ortho intramolecular Hbond substituents is 1. The smallest absolute Gasteiger partial charge is 0.257 e. The van der Waals surface area contributed by atoms with Crippen LogP contribution in [0.4, 0.5) is 0 Å². The molecule has 1 aliphatic rings. The third kappa shape index (κ3) is 2.98. The molecular formula is C14H19NO4. The van der Waals surface area contributed by atoms with Crippen molar-refractivity contribution in [3.8, 4) is 11.5 Å². The van der Waals surface area contributed by atoms with Crippen molar-refractivity contribution in [2.24, 2.45) is 5.92 Å². The maximum absolute atomic E-state index is 12.4. The van der Waals surface area contributed by atoms with Crippen LogP contribution in [0.25, 0.3) is 0 Å². The van der Waals surface area contributed by atoms with Gasteiger partial charge in [-0.2, -0.15) is 0 Å². The minimum Gasteiger partial charge on any atom is -0.507 e. The molecule has 0 bridgehead atoms. The van der Waals surface area contributed by atoms with Gasteiger partial charge >= 0.3 is 0 Å². The van der Waals surface area contributed by atoms with Crippen molar-refractivity contribution in [2.75, 3.05) is 33.9 Å². The van der Waals surface area contributed by atoms with Gasteiger partial charge < -0.3 is 19.5 Å². The number of hydrogen-bond donors (Lipinski definition) is 1. The van der Waals surface area contributed by atoms with Crippen LogP contribution in [-0.2, 0) is 4.74 Å². The molecule has 2 rings (SSSR count). The van der Waals surface area contributed by atoms with Crippen molar-refractivity contribution in [2.45, 2.75) is 6.42 Å². The molecule has 1 saturated heterocycles. The highest BCUT2D eigenvalue weighted by atomic mass is 16.5. The van der Waals surface area contributed by atoms with E-state index in [9.17, 15) is 9.90 Å². The van der Waals surface area contributed by atoms with Crippen molar-refractivity contribution in [3.05, 3.63) is 23.8 Å². The third-order valence-electron chi connectivity index (χ3n) is 3.41. The van der Waals surface area contributed by atoms with E-state index in [0.29, 0.717) is 31.4 Å². The molecule has 1 fully saturated rings. The first-order valence-electron chi connectivity index (χ1n) is 6.31. The number of aromatic hydroxyl groups is 1. The molecule has 1 atom stereocenters. The van der Waals surface area contributed by atoms with E-state index in [-0.39, 0.29) is 17.2 Å². The minimum absolute atomic E-state index is 0.0130. The highest BCUT2D eigenvalue weighted by molar-refractivity contribution is 5.97. The summed E-state index contributed by atoms with van der Waals surface area (Å²) >= 11 is 0. The molecule has 0 radical (unpaired) electrons. The van der Waals surface area contributed by atoms with Crippen molar-refractivity contribution in [1.82, 2.24) is 4.90 Å². The van der Waals surface area contributed by atoms with Crippen LogP contribution < -0.4 is 4.74 Å². The fraction of sp³-hybridized carbons (Fsp3) is 0.500. The number of carbonyl (C=O) groups is 1. The monoisotopic (exact) mass is 265 g/mol. The lowest BCUT2D eigenvalue weighted by atomic mass is 10.1. The first-order valence-corrected chi connectivity index (χ1v) is 6.31. The number of phenols is 1. The number of likely N-dealkylation sites (tertiary alicyclic amines) is 1. The average molecular weight is 265 g/mol. The van der Waals surface area contributed by atoms with Crippen LogP contribution >= 0.6 is 0 Å². The molecule has 0 spiro atoms. The molecule has 1 heterocycles. The van der Waals surface area contributed by atoms with Crippen LogP contribution in [0.2, 0.25) is 0 Å². The summed E-state index contributed by atoms with van der Waals surface area (Å²) in [5, 5.41) is 9.80. The van der Waals surface area contributed by atoms with E-state index in [1.54, 1.807) is 24.1 Å². The molecular weight excluding hydrogens is 246 g/mol. The fourth-order valence-corrected chi connectivity index (χ4v) is 2.37. The topological polar surface area (TPSA) is 59.0 Å². The van der Waals surface area contributed by atoms with Gasteiger partial charge in [0.1, 0.15) is 11.5 Å². The lowest BCUT2D eigenvalue weighted by molar-refractivity contribution is 0.0772. The molecule has 5 heteroatoms. The molecule has 1 aromatic rings. The predicted octanol–water partition coefficient (Wildman–Crippen LogP) is 1.51. The lowest BCUT2D eigenvalue weighted by Gasteiger charge is -2.17. The summed E-state index contributed by atoms with van der Waals surface area (Å²) in [6.45, 7) is 2.03. The van der Waals surface area contributed by atoms with E-state index in [1.165, 1.54) is 13.2 Å². The van der Waals surface area contributed by atoms with Crippen LogP contribution in [0.15, 0.2) is 18.2 Å². The Kier molecular flexibility index (Phi) is 4.27. The number of carbonyl (C=O) groups excluding carboxylic acids is 1. The Morgan fingerprint density at radius 3 is 2.95 bits per heavy atom. The van der Waals surface area contributed by atoms with Gasteiger partial charge in [-0.1, -0.05) is 0 Å². The van der Waals surface area contributed by atoms with Gasteiger partial charge in [0.25, 0.3) is 5.91 Å². The Morgan fingerprint density at radius 1 is 1.47 bits per heavy atom. The van der Waals surface area contributed by atoms with E-state index in [0.717, 1.165) is 6.42 Å². The second-order valence-electron chi connectivity index (χ2n) is 4.74. The zero-order valence-electron chi connectivity index (χ0n) is 11.3. The number of amides is 1. The van der Waals surface area contributed by atoms with E-state index >= 15 is 0 Å². The summed E-state index contributed by atoms with van der Waals surface area (Å²) in [4.78, 5) is 14.1. The van der Waals surface area contributed by atoms with Gasteiger partial charge in [0.05, 0.1) is 19.3 Å². The van der Waals surface area contributed by atoms with Gasteiger partial charge in [-0.05, 0) is 24.6 Å². The van der Waals surface area contributed by atoms with Crippen LogP contribution in [0.5, 0.6) is 11.5 Å². The number of benzene rings is 1. The summed E-state index contributed by atoms with van der Waals surface area (Å²) in [5.41, 5.74) is 0.289. The summed E-state index contributed by atoms with van der Waals surface area (Å²) in [6.07, 6.45) is 0.935. The SMILES string of the molecule is COCC1CCN(C(=O)c2cc(OC)ccc2O)C1. The van der Waals surface area contributed by atoms with Crippen molar-refractivity contribution < 1.29 is 19.4 Å². The quantitative estimate of drug-likeness (QED) is 0.896. The summed E-state index contributed by atoms with van der Waals surface area (Å²) in [6, 6.07) is 4.68. The number of rotatable bonds is 4. The Morgan fingerprint density at radius 2 is 2.26 bits per heavy atom. The van der Waals surface area contributed by atoms with E-state index in [1.807, 2.05) is 0 Å². The van der Waals surface area contributed by atoms with Gasteiger partial charge in [0.2, 0.25) is 0 Å². The van der Waals surface area contributed by atoms with Crippen LogP contribution in [0.1, 0.15) is 16.8 Å². The van der Waals surface area contributed by atoms with E-state index in [2.05, 4.69) is 0 Å². The molecule has 1 aliphatic heterocycles. The second-order valence-corrected chi connectivity index (χ2v) is 4.74. The Bertz CT molecular complexity index is 461. The van der Waals surface area contributed by atoms with Gasteiger partial charge in [0.15, 0.2) is 0 Å². The molecule has 0 aliphatic carbocycles. The molecule has 104 valence electrons. The molecule has 19 heavy (non-hydrogen) atoms. The number of methoxy groups -OCH3 is 2. The molecule has 0 saturated carbocycles. The van der Waals surface area contributed by atoms with Crippen LogP contribution in [-0.4, -0.2) is 49.8 Å². The third-order valence-corrected chi connectivity index (χ3v) is 3.41. The highest BCUT2D eigenvalue weighted by Gasteiger charge is 2.28.